The highest BCUT2D eigenvalue weighted by Gasteiger charge is 2.44. The fourth-order valence-corrected chi connectivity index (χ4v) is 4.86. The van der Waals surface area contributed by atoms with Crippen LogP contribution in [0.5, 0.6) is 0 Å². The van der Waals surface area contributed by atoms with Crippen LogP contribution in [0.3, 0.4) is 0 Å². The van der Waals surface area contributed by atoms with Crippen molar-refractivity contribution in [2.45, 2.75) is 64.1 Å². The summed E-state index contributed by atoms with van der Waals surface area (Å²) >= 11 is 0. The first-order chi connectivity index (χ1) is 12.3. The highest BCUT2D eigenvalue weighted by atomic mass is 16.2. The van der Waals surface area contributed by atoms with E-state index in [0.29, 0.717) is 11.9 Å². The summed E-state index contributed by atoms with van der Waals surface area (Å²) in [6, 6.07) is 11.2. The van der Waals surface area contributed by atoms with Crippen molar-refractivity contribution in [2.75, 3.05) is 27.2 Å². The molecule has 1 aliphatic carbocycles. The average molecular weight is 358 g/mol. The summed E-state index contributed by atoms with van der Waals surface area (Å²) in [5, 5.41) is 3.78. The van der Waals surface area contributed by atoms with Crippen molar-refractivity contribution < 1.29 is 4.79 Å². The van der Waals surface area contributed by atoms with Crippen LogP contribution in [0.1, 0.15) is 51.5 Å². The predicted molar refractivity (Wildman–Crippen MR) is 107 cm³/mol. The van der Waals surface area contributed by atoms with E-state index in [1.165, 1.54) is 18.4 Å². The molecule has 4 heteroatoms. The molecule has 1 heterocycles. The van der Waals surface area contributed by atoms with E-state index in [1.807, 2.05) is 14.1 Å². The Labute approximate surface area is 158 Å². The first kappa shape index (κ1) is 19.4. The number of nitrogens with zero attached hydrogens (tertiary/aromatic N) is 2. The molecule has 144 valence electrons. The highest BCUT2D eigenvalue weighted by molar-refractivity contribution is 5.82. The standard InChI is InChI=1S/C22H35N3O/c1-21(2)14-19(16-25(21)15-18-10-6-5-7-11-18)23-17-22(12-8-9-13-22)20(26)24(3)4/h5-7,10-11,19,23H,8-9,12-17H2,1-4H3/t19-/m1/s1. The lowest BCUT2D eigenvalue weighted by atomic mass is 9.84. The van der Waals surface area contributed by atoms with Gasteiger partial charge in [-0.1, -0.05) is 43.2 Å². The van der Waals surface area contributed by atoms with Crippen LogP contribution < -0.4 is 5.32 Å². The summed E-state index contributed by atoms with van der Waals surface area (Å²) in [5.74, 6) is 0.306. The molecule has 1 saturated heterocycles. The Morgan fingerprint density at radius 3 is 2.46 bits per heavy atom. The highest BCUT2D eigenvalue weighted by Crippen LogP contribution is 2.39. The van der Waals surface area contributed by atoms with Gasteiger partial charge < -0.3 is 10.2 Å². The minimum absolute atomic E-state index is 0.180. The first-order valence-corrected chi connectivity index (χ1v) is 10.1. The van der Waals surface area contributed by atoms with E-state index in [4.69, 9.17) is 0 Å². The zero-order valence-electron chi connectivity index (χ0n) is 16.9. The molecule has 3 rings (SSSR count). The Bertz CT molecular complexity index is 605. The molecule has 0 radical (unpaired) electrons. The van der Waals surface area contributed by atoms with Crippen molar-refractivity contribution in [3.05, 3.63) is 35.9 Å². The average Bonchev–Trinajstić information content (AvgIpc) is 3.19. The second-order valence-electron chi connectivity index (χ2n) is 9.15. The van der Waals surface area contributed by atoms with Gasteiger partial charge in [-0.2, -0.15) is 0 Å². The topological polar surface area (TPSA) is 35.6 Å². The molecule has 1 N–H and O–H groups in total. The van der Waals surface area contributed by atoms with Crippen LogP contribution in [0.25, 0.3) is 0 Å². The van der Waals surface area contributed by atoms with Gasteiger partial charge in [0.1, 0.15) is 0 Å². The van der Waals surface area contributed by atoms with Crippen LogP contribution in [0.15, 0.2) is 30.3 Å². The van der Waals surface area contributed by atoms with Gasteiger partial charge in [0.2, 0.25) is 5.91 Å². The van der Waals surface area contributed by atoms with E-state index in [1.54, 1.807) is 4.90 Å². The van der Waals surface area contributed by atoms with Gasteiger partial charge in [-0.25, -0.2) is 0 Å². The SMILES string of the molecule is CN(C)C(=O)C1(CN[C@H]2CN(Cc3ccccc3)C(C)(C)C2)CCCC1. The lowest BCUT2D eigenvalue weighted by Crippen LogP contribution is -2.48. The molecule has 1 amide bonds. The first-order valence-electron chi connectivity index (χ1n) is 10.1. The van der Waals surface area contributed by atoms with Crippen molar-refractivity contribution in [3.63, 3.8) is 0 Å². The number of rotatable bonds is 6. The normalized spacial score (nSPS) is 24.7. The largest absolute Gasteiger partial charge is 0.348 e. The van der Waals surface area contributed by atoms with Gasteiger partial charge in [0.25, 0.3) is 0 Å². The molecule has 0 bridgehead atoms. The second kappa shape index (κ2) is 7.69. The zero-order chi connectivity index (χ0) is 18.8. The summed E-state index contributed by atoms with van der Waals surface area (Å²) in [6.45, 7) is 7.55. The van der Waals surface area contributed by atoms with Crippen LogP contribution in [0.4, 0.5) is 0 Å². The molecule has 0 spiro atoms. The monoisotopic (exact) mass is 357 g/mol. The van der Waals surface area contributed by atoms with E-state index < -0.39 is 0 Å². The third-order valence-corrected chi connectivity index (χ3v) is 6.41. The van der Waals surface area contributed by atoms with Crippen LogP contribution in [0.2, 0.25) is 0 Å². The maximum absolute atomic E-state index is 12.8. The summed E-state index contributed by atoms with van der Waals surface area (Å²) < 4.78 is 0. The molecule has 2 aliphatic rings. The molecule has 2 fully saturated rings. The van der Waals surface area contributed by atoms with Gasteiger partial charge in [-0.3, -0.25) is 9.69 Å². The number of carbonyl (C=O) groups excluding carboxylic acids is 1. The Balaban J connectivity index is 1.61. The number of hydrogen-bond acceptors (Lipinski definition) is 3. The minimum Gasteiger partial charge on any atom is -0.348 e. The van der Waals surface area contributed by atoms with Gasteiger partial charge >= 0.3 is 0 Å². The Kier molecular flexibility index (Phi) is 5.73. The molecule has 0 aromatic heterocycles. The van der Waals surface area contributed by atoms with Crippen molar-refractivity contribution in [2.24, 2.45) is 5.41 Å². The van der Waals surface area contributed by atoms with E-state index in [9.17, 15) is 4.79 Å². The molecule has 0 unspecified atom stereocenters. The van der Waals surface area contributed by atoms with Gasteiger partial charge in [0.15, 0.2) is 0 Å². The maximum atomic E-state index is 12.8. The fourth-order valence-electron chi connectivity index (χ4n) is 4.86. The lowest BCUT2D eigenvalue weighted by Gasteiger charge is -2.32. The van der Waals surface area contributed by atoms with Crippen molar-refractivity contribution in [1.82, 2.24) is 15.1 Å². The summed E-state index contributed by atoms with van der Waals surface area (Å²) in [5.41, 5.74) is 1.37. The number of likely N-dealkylation sites (tertiary alicyclic amines) is 1. The van der Waals surface area contributed by atoms with Gasteiger partial charge in [0, 0.05) is 45.3 Å². The minimum atomic E-state index is -0.180. The summed E-state index contributed by atoms with van der Waals surface area (Å²) in [6.07, 6.45) is 5.54. The number of amides is 1. The molecule has 4 nitrogen and oxygen atoms in total. The van der Waals surface area contributed by atoms with Crippen molar-refractivity contribution >= 4 is 5.91 Å². The number of hydrogen-bond donors (Lipinski definition) is 1. The zero-order valence-corrected chi connectivity index (χ0v) is 16.9. The molecule has 1 aromatic rings. The summed E-state index contributed by atoms with van der Waals surface area (Å²) in [7, 11) is 3.78. The number of benzene rings is 1. The van der Waals surface area contributed by atoms with Gasteiger partial charge in [-0.05, 0) is 38.7 Å². The van der Waals surface area contributed by atoms with Crippen LogP contribution in [0, 0.1) is 5.41 Å². The molecule has 1 saturated carbocycles. The summed E-state index contributed by atoms with van der Waals surface area (Å²) in [4.78, 5) is 17.1. The molecule has 1 atom stereocenters. The molecular weight excluding hydrogens is 322 g/mol. The quantitative estimate of drug-likeness (QED) is 0.849. The number of nitrogens with one attached hydrogen (secondary N) is 1. The third kappa shape index (κ3) is 4.12. The van der Waals surface area contributed by atoms with E-state index in [0.717, 1.165) is 38.9 Å². The molecular formula is C22H35N3O. The van der Waals surface area contributed by atoms with Crippen molar-refractivity contribution in [1.29, 1.82) is 0 Å². The van der Waals surface area contributed by atoms with Gasteiger partial charge in [0.05, 0.1) is 5.41 Å². The number of carbonyl (C=O) groups is 1. The fraction of sp³-hybridized carbons (Fsp3) is 0.682. The Hall–Kier alpha value is -1.39. The van der Waals surface area contributed by atoms with E-state index in [2.05, 4.69) is 54.4 Å². The predicted octanol–water partition coefficient (Wildman–Crippen LogP) is 3.28. The van der Waals surface area contributed by atoms with Crippen LogP contribution in [-0.2, 0) is 11.3 Å². The lowest BCUT2D eigenvalue weighted by molar-refractivity contribution is -0.139. The maximum Gasteiger partial charge on any atom is 0.229 e. The van der Waals surface area contributed by atoms with Crippen LogP contribution >= 0.6 is 0 Å². The Morgan fingerprint density at radius 1 is 1.19 bits per heavy atom. The third-order valence-electron chi connectivity index (χ3n) is 6.41. The van der Waals surface area contributed by atoms with Gasteiger partial charge in [-0.15, -0.1) is 0 Å². The smallest absolute Gasteiger partial charge is 0.229 e. The van der Waals surface area contributed by atoms with Crippen LogP contribution in [-0.4, -0.2) is 54.5 Å². The van der Waals surface area contributed by atoms with E-state index >= 15 is 0 Å². The Morgan fingerprint density at radius 2 is 1.85 bits per heavy atom. The molecule has 1 aliphatic heterocycles. The van der Waals surface area contributed by atoms with Crippen molar-refractivity contribution in [3.8, 4) is 0 Å². The molecule has 26 heavy (non-hydrogen) atoms. The van der Waals surface area contributed by atoms with E-state index in [-0.39, 0.29) is 11.0 Å². The molecule has 1 aromatic carbocycles. The second-order valence-corrected chi connectivity index (χ2v) is 9.15.